The molecule has 5 aromatic carbocycles. The third kappa shape index (κ3) is 8.23. The van der Waals surface area contributed by atoms with E-state index in [1.807, 2.05) is 103 Å². The Balaban J connectivity index is 1.17. The highest BCUT2D eigenvalue weighted by molar-refractivity contribution is 7.99. The van der Waals surface area contributed by atoms with Gasteiger partial charge in [0.15, 0.2) is 0 Å². The fourth-order valence-electron chi connectivity index (χ4n) is 4.93. The van der Waals surface area contributed by atoms with Gasteiger partial charge in [0.2, 0.25) is 5.96 Å². The van der Waals surface area contributed by atoms with Gasteiger partial charge in [-0.1, -0.05) is 126 Å². The van der Waals surface area contributed by atoms with Gasteiger partial charge in [0.25, 0.3) is 5.91 Å². The Kier molecular flexibility index (Phi) is 10.5. The number of benzene rings is 5. The number of hydrogen-bond acceptors (Lipinski definition) is 7. The summed E-state index contributed by atoms with van der Waals surface area (Å²) in [5.74, 6) is 0.172. The average molecular weight is 678 g/mol. The number of nitrogens with one attached hydrogen (secondary N) is 4. The Morgan fingerprint density at radius 3 is 2.26 bits per heavy atom. The number of hydrogen-bond donors (Lipinski definition) is 4. The maximum Gasteiger partial charge on any atom is 0.257 e. The predicted molar refractivity (Wildman–Crippen MR) is 194 cm³/mol. The number of para-hydroxylation sites is 1. The summed E-state index contributed by atoms with van der Waals surface area (Å²) < 4.78 is 0. The van der Waals surface area contributed by atoms with Crippen molar-refractivity contribution in [1.82, 2.24) is 16.3 Å². The molecule has 0 saturated heterocycles. The van der Waals surface area contributed by atoms with Crippen LogP contribution in [0, 0.1) is 0 Å². The first-order chi connectivity index (χ1) is 23.0. The number of thioether (sulfide) groups is 1. The molecule has 1 aliphatic rings. The van der Waals surface area contributed by atoms with Crippen LogP contribution in [0.15, 0.2) is 161 Å². The normalized spacial score (nSPS) is 14.8. The second-order valence-corrected chi connectivity index (χ2v) is 12.4. The molecule has 0 saturated carbocycles. The second kappa shape index (κ2) is 15.5. The molecule has 5 aromatic rings. The van der Waals surface area contributed by atoms with Crippen LogP contribution in [0.3, 0.4) is 0 Å². The van der Waals surface area contributed by atoms with Crippen molar-refractivity contribution in [2.24, 2.45) is 10.1 Å². The van der Waals surface area contributed by atoms with Gasteiger partial charge in [0.05, 0.1) is 27.2 Å². The third-order valence-electron chi connectivity index (χ3n) is 7.22. The first kappa shape index (κ1) is 31.9. The molecule has 0 fully saturated rings. The first-order valence-corrected chi connectivity index (χ1v) is 16.5. The van der Waals surface area contributed by atoms with Crippen LogP contribution in [-0.4, -0.2) is 17.6 Å². The van der Waals surface area contributed by atoms with E-state index in [0.717, 1.165) is 27.3 Å². The molecule has 1 aliphatic heterocycles. The Morgan fingerprint density at radius 2 is 1.51 bits per heavy atom. The Hall–Kier alpha value is -5.02. The summed E-state index contributed by atoms with van der Waals surface area (Å²) in [5, 5.41) is 8.35. The Bertz CT molecular complexity index is 1920. The van der Waals surface area contributed by atoms with Crippen LogP contribution in [0.5, 0.6) is 0 Å². The predicted octanol–water partition coefficient (Wildman–Crippen LogP) is 8.79. The van der Waals surface area contributed by atoms with Gasteiger partial charge in [-0.2, -0.15) is 5.10 Å². The molecule has 47 heavy (non-hydrogen) atoms. The highest BCUT2D eigenvalue weighted by Gasteiger charge is 2.24. The fraction of sp³-hybridized carbons (Fsp3) is 0.0541. The topological polar surface area (TPSA) is 89.9 Å². The van der Waals surface area contributed by atoms with Crippen LogP contribution in [-0.2, 0) is 0 Å². The first-order valence-electron chi connectivity index (χ1n) is 14.8. The Morgan fingerprint density at radius 1 is 0.830 bits per heavy atom. The van der Waals surface area contributed by atoms with Gasteiger partial charge in [-0.3, -0.25) is 10.2 Å². The summed E-state index contributed by atoms with van der Waals surface area (Å²) in [6.45, 7) is 0. The van der Waals surface area contributed by atoms with Crippen LogP contribution in [0.1, 0.15) is 38.3 Å². The van der Waals surface area contributed by atoms with Gasteiger partial charge < -0.3 is 10.7 Å². The van der Waals surface area contributed by atoms with Gasteiger partial charge in [-0.05, 0) is 47.5 Å². The van der Waals surface area contributed by atoms with Crippen molar-refractivity contribution in [3.63, 3.8) is 0 Å². The van der Waals surface area contributed by atoms with E-state index in [1.165, 1.54) is 0 Å². The summed E-state index contributed by atoms with van der Waals surface area (Å²) in [6, 6.07) is 42.5. The van der Waals surface area contributed by atoms with Crippen molar-refractivity contribution in [2.75, 3.05) is 5.32 Å². The molecule has 234 valence electrons. The maximum atomic E-state index is 13.1. The van der Waals surface area contributed by atoms with Crippen LogP contribution in [0.25, 0.3) is 0 Å². The van der Waals surface area contributed by atoms with Crippen LogP contribution in [0.2, 0.25) is 10.0 Å². The minimum atomic E-state index is -0.315. The second-order valence-electron chi connectivity index (χ2n) is 10.4. The van der Waals surface area contributed by atoms with E-state index in [9.17, 15) is 4.79 Å². The maximum absolute atomic E-state index is 13.1. The summed E-state index contributed by atoms with van der Waals surface area (Å²) in [4.78, 5) is 18.9. The van der Waals surface area contributed by atoms with Crippen molar-refractivity contribution in [3.8, 4) is 0 Å². The highest BCUT2D eigenvalue weighted by atomic mass is 35.5. The molecule has 10 heteroatoms. The van der Waals surface area contributed by atoms with Crippen molar-refractivity contribution in [1.29, 1.82) is 0 Å². The van der Waals surface area contributed by atoms with Gasteiger partial charge in [0, 0.05) is 21.7 Å². The van der Waals surface area contributed by atoms with E-state index in [1.54, 1.807) is 30.0 Å². The summed E-state index contributed by atoms with van der Waals surface area (Å²) in [7, 11) is 0. The van der Waals surface area contributed by atoms with Crippen LogP contribution in [0.4, 0.5) is 5.69 Å². The molecule has 0 spiro atoms. The fourth-order valence-corrected chi connectivity index (χ4v) is 6.55. The summed E-state index contributed by atoms with van der Waals surface area (Å²) in [5.41, 5.74) is 14.3. The number of hydrazine groups is 1. The molecule has 7 nitrogen and oxygen atoms in total. The van der Waals surface area contributed by atoms with Gasteiger partial charge in [-0.15, -0.1) is 11.8 Å². The highest BCUT2D eigenvalue weighted by Crippen LogP contribution is 2.40. The molecular weight excluding hydrogens is 647 g/mol. The molecule has 0 unspecified atom stereocenters. The largest absolute Gasteiger partial charge is 0.321 e. The minimum absolute atomic E-state index is 0.0938. The molecule has 0 aliphatic carbocycles. The quantitative estimate of drug-likeness (QED) is 0.0877. The SMILES string of the molecule is O=C(Nc1ccccc1S[C@@H](/C=C/NNC1=N[C@@H](c2ccccc2)C(c2ccccc2)=NN1)c1ccccc1)c1ccc(Cl)cc1Cl. The number of carbonyl (C=O) groups excluding carboxylic acids is 1. The molecule has 4 N–H and O–H groups in total. The van der Waals surface area contributed by atoms with E-state index < -0.39 is 0 Å². The number of amides is 1. The zero-order valence-corrected chi connectivity index (χ0v) is 27.3. The molecule has 1 amide bonds. The summed E-state index contributed by atoms with van der Waals surface area (Å²) in [6.07, 6.45) is 3.87. The lowest BCUT2D eigenvalue weighted by Gasteiger charge is -2.23. The molecule has 1 heterocycles. The lowest BCUT2D eigenvalue weighted by atomic mass is 9.97. The molecular formula is C37H30Cl2N6OS. The lowest BCUT2D eigenvalue weighted by Crippen LogP contribution is -2.44. The molecule has 0 radical (unpaired) electrons. The van der Waals surface area contributed by atoms with Gasteiger partial charge in [-0.25, -0.2) is 10.4 Å². The van der Waals surface area contributed by atoms with E-state index in [0.29, 0.717) is 22.2 Å². The van der Waals surface area contributed by atoms with Crippen molar-refractivity contribution >= 4 is 58.2 Å². The number of carbonyl (C=O) groups is 1. The number of guanidine groups is 1. The van der Waals surface area contributed by atoms with Crippen LogP contribution >= 0.6 is 35.0 Å². The summed E-state index contributed by atoms with van der Waals surface area (Å²) >= 11 is 13.9. The molecule has 2 atom stereocenters. The van der Waals surface area contributed by atoms with Crippen molar-refractivity contribution < 1.29 is 4.79 Å². The van der Waals surface area contributed by atoms with E-state index >= 15 is 0 Å². The number of rotatable bonds is 10. The minimum Gasteiger partial charge on any atom is -0.321 e. The average Bonchev–Trinajstić information content (AvgIpc) is 3.11. The van der Waals surface area contributed by atoms with Gasteiger partial charge >= 0.3 is 0 Å². The number of nitrogens with zero attached hydrogens (tertiary/aromatic N) is 2. The van der Waals surface area contributed by atoms with Crippen molar-refractivity contribution in [2.45, 2.75) is 16.2 Å². The zero-order chi connectivity index (χ0) is 32.4. The van der Waals surface area contributed by atoms with E-state index in [-0.39, 0.29) is 22.2 Å². The number of aliphatic imine (C=N–C) groups is 1. The van der Waals surface area contributed by atoms with Crippen molar-refractivity contribution in [3.05, 3.63) is 178 Å². The zero-order valence-electron chi connectivity index (χ0n) is 25.0. The monoisotopic (exact) mass is 676 g/mol. The standard InChI is InChI=1S/C37H30Cl2N6OS/c38-28-20-21-29(30(39)24-28)36(46)41-31-18-10-11-19-33(31)47-32(25-12-4-1-5-13-25)22-23-40-44-37-42-34(26-14-6-2-7-15-26)35(43-45-37)27-16-8-3-9-17-27/h1-24,32,34,40H,(H,41,46)(H2,42,44,45)/b23-22+/t32-,34-/m0/s1. The number of anilines is 1. The smallest absolute Gasteiger partial charge is 0.257 e. The third-order valence-corrected chi connectivity index (χ3v) is 9.06. The van der Waals surface area contributed by atoms with E-state index in [4.69, 9.17) is 28.2 Å². The molecule has 0 aromatic heterocycles. The number of hydrazone groups is 1. The molecule has 6 rings (SSSR count). The van der Waals surface area contributed by atoms with Gasteiger partial charge in [0.1, 0.15) is 6.04 Å². The lowest BCUT2D eigenvalue weighted by molar-refractivity contribution is 0.102. The molecule has 0 bridgehead atoms. The van der Waals surface area contributed by atoms with E-state index in [2.05, 4.69) is 51.0 Å². The van der Waals surface area contributed by atoms with Crippen LogP contribution < -0.4 is 21.6 Å². The Labute approximate surface area is 287 Å². The number of halogens is 2.